The van der Waals surface area contributed by atoms with Gasteiger partial charge in [0.25, 0.3) is 0 Å². The smallest absolute Gasteiger partial charge is 0.309 e. The number of likely N-dealkylation sites (N-methyl/N-ethyl adjacent to an activating group) is 2. The van der Waals surface area contributed by atoms with E-state index in [2.05, 4.69) is 73.7 Å². The van der Waals surface area contributed by atoms with Gasteiger partial charge in [0.15, 0.2) is 17.3 Å². The highest BCUT2D eigenvalue weighted by Crippen LogP contribution is 2.75. The Morgan fingerprint density at radius 3 is 1.09 bits per heavy atom. The highest BCUT2D eigenvalue weighted by molar-refractivity contribution is 6.32. The van der Waals surface area contributed by atoms with Crippen LogP contribution in [0.3, 0.4) is 0 Å². The molecular weight excluding hydrogens is 1760 g/mol. The zero-order valence-electron chi connectivity index (χ0n) is 73.0. The number of rotatable bonds is 15. The molecule has 6 bridgehead atoms. The first kappa shape index (κ1) is 89.8. The lowest BCUT2D eigenvalue weighted by molar-refractivity contribution is -0.160. The Morgan fingerprint density at radius 1 is 0.422 bits per heavy atom. The van der Waals surface area contributed by atoms with Gasteiger partial charge in [-0.3, -0.25) is 58.3 Å². The van der Waals surface area contributed by atoms with Crippen LogP contribution in [0.2, 0.25) is 30.5 Å². The van der Waals surface area contributed by atoms with Gasteiger partial charge in [0.05, 0.1) is 44.0 Å². The van der Waals surface area contributed by atoms with Gasteiger partial charge < -0.3 is 26.2 Å². The van der Waals surface area contributed by atoms with Crippen molar-refractivity contribution in [1.29, 1.82) is 0 Å². The number of likely N-dealkylation sites (tertiary alicyclic amines) is 2. The summed E-state index contributed by atoms with van der Waals surface area (Å²) in [4.78, 5) is 142. The van der Waals surface area contributed by atoms with Gasteiger partial charge in [-0.05, 0) is 255 Å². The van der Waals surface area contributed by atoms with Crippen LogP contribution in [-0.4, -0.2) is 137 Å². The molecule has 9 atom stereocenters. The Kier molecular flexibility index (Phi) is 21.6. The molecule has 6 spiro atoms. The quantitative estimate of drug-likeness (QED) is 0.0521. The third-order valence-corrected chi connectivity index (χ3v) is 37.7. The fourth-order valence-electron chi connectivity index (χ4n) is 30.2. The van der Waals surface area contributed by atoms with Crippen molar-refractivity contribution in [2.24, 2.45) is 43.3 Å². The number of hydrogen-bond acceptors (Lipinski definition) is 15. The second kappa shape index (κ2) is 30.8. The van der Waals surface area contributed by atoms with E-state index in [1.165, 1.54) is 18.2 Å². The minimum Gasteiger partial charge on any atom is -0.481 e. The molecule has 678 valence electrons. The first-order valence-corrected chi connectivity index (χ1v) is 47.8. The number of benzene rings is 3. The zero-order valence-corrected chi connectivity index (χ0v) is 77.6. The van der Waals surface area contributed by atoms with Crippen LogP contribution in [-0.2, 0) is 59.4 Å². The fraction of sp³-hybridized carbons (Fsp3) is 0.576. The van der Waals surface area contributed by atoms with Gasteiger partial charge in [0, 0.05) is 111 Å². The summed E-state index contributed by atoms with van der Waals surface area (Å²) in [6.45, 7) is 10.3. The lowest BCUT2D eigenvalue weighted by atomic mass is 9.46. The van der Waals surface area contributed by atoms with Gasteiger partial charge in [-0.25, -0.2) is 28.1 Å². The molecule has 9 heterocycles. The van der Waals surface area contributed by atoms with Gasteiger partial charge in [0.2, 0.25) is 17.7 Å². The Balaban J connectivity index is 0.000000125. The number of carbonyl (C=O) groups excluding carboxylic acids is 7. The van der Waals surface area contributed by atoms with E-state index in [1.54, 1.807) is 80.1 Å². The minimum atomic E-state index is -1.32. The first-order valence-electron chi connectivity index (χ1n) is 45.5. The predicted molar refractivity (Wildman–Crippen MR) is 481 cm³/mol. The van der Waals surface area contributed by atoms with E-state index in [0.717, 1.165) is 57.8 Å². The van der Waals surface area contributed by atoms with E-state index in [4.69, 9.17) is 69.6 Å². The van der Waals surface area contributed by atoms with Crippen molar-refractivity contribution < 1.29 is 66.5 Å². The van der Waals surface area contributed by atoms with Crippen molar-refractivity contribution in [3.8, 4) is 0 Å². The van der Waals surface area contributed by atoms with Crippen LogP contribution in [0.25, 0.3) is 0 Å². The number of aliphatic carboxylic acids is 2. The van der Waals surface area contributed by atoms with Gasteiger partial charge in [-0.2, -0.15) is 0 Å². The number of nitrogens with one attached hydrogen (secondary N) is 4. The average Bonchev–Trinajstić information content (AvgIpc) is 1.51. The normalized spacial score (nSPS) is 35.0. The summed E-state index contributed by atoms with van der Waals surface area (Å²) in [6.07, 6.45) is 24.7. The van der Waals surface area contributed by atoms with Crippen LogP contribution in [0.4, 0.5) is 30.2 Å². The summed E-state index contributed by atoms with van der Waals surface area (Å²) in [5, 5.41) is 33.1. The zero-order chi connectivity index (χ0) is 91.0. The average molecular weight is 1870 g/mol. The number of halogens is 9. The first-order chi connectivity index (χ1) is 60.5. The molecule has 3 saturated heterocycles. The van der Waals surface area contributed by atoms with Crippen molar-refractivity contribution in [1.82, 2.24) is 30.1 Å². The Labute approximate surface area is 772 Å². The second-order valence-electron chi connectivity index (χ2n) is 43.2. The van der Waals surface area contributed by atoms with Crippen molar-refractivity contribution in [3.05, 3.63) is 173 Å². The molecule has 29 heteroatoms. The van der Waals surface area contributed by atoms with Crippen molar-refractivity contribution >= 4 is 139 Å². The lowest BCUT2D eigenvalue weighted by Crippen LogP contribution is -2.68. The molecule has 15 fully saturated rings. The van der Waals surface area contributed by atoms with Crippen LogP contribution in [0.1, 0.15) is 278 Å². The molecule has 12 saturated carbocycles. The monoisotopic (exact) mass is 1870 g/mol. The predicted octanol–water partition coefficient (Wildman–Crippen LogP) is 20.6. The van der Waals surface area contributed by atoms with Crippen LogP contribution in [0.15, 0.2) is 91.4 Å². The number of Topliss-reactive ketones (excluding diaryl/α,β-unsaturated/α-hetero) is 4. The molecule has 128 heavy (non-hydrogen) atoms. The summed E-state index contributed by atoms with van der Waals surface area (Å²) in [5.41, 5.74) is -4.49. The van der Waals surface area contributed by atoms with E-state index in [1.807, 2.05) is 14.1 Å². The molecule has 20 nitrogen and oxygen atoms in total. The molecule has 0 radical (unpaired) electrons. The number of hydrogen-bond donors (Lipinski definition) is 6. The number of pyridine rings is 3. The lowest BCUT2D eigenvalue weighted by Gasteiger charge is -2.61. The number of carboxylic acid groups (broad SMARTS) is 2. The second-order valence-corrected chi connectivity index (χ2v) is 45.6. The van der Waals surface area contributed by atoms with Crippen LogP contribution >= 0.6 is 69.6 Å². The Hall–Kier alpha value is -7.45. The maximum Gasteiger partial charge on any atom is 0.309 e. The number of anilines is 3. The molecule has 3 aromatic heterocycles. The number of fused-ring (bicyclic) bond motifs is 18. The maximum atomic E-state index is 16.2. The Bertz CT molecular complexity index is 5700. The fourth-order valence-corrected chi connectivity index (χ4v) is 31.2. The number of amides is 3. The third kappa shape index (κ3) is 12.8. The summed E-state index contributed by atoms with van der Waals surface area (Å²) < 4.78 is 48.5. The SMILES string of the molecule is CC(=O)C12CCC(CC(=O)[C@H]3[C@H](c4cccc(Cl)c4F)[C@]4(C(=O)Nc5cc(Cl)ncc54)C4(CC(C)(C)C4)N3C)(CC1)CC2.CC1(C)CC2(C1)N[C@@H](C(=O)CC13CCC(C(=O)O)(CC1)CC3)[C@H](c1cccc(Cl)c1F)[C@]21C(=O)Nc2cc(Cl)ncc21.CN1[C@@H](C(=O)CC23CCC(C(=O)O)(CC2)CC3)[C@H](c2cccc(Cl)c2F)[C@]2(C(=O)Nc3cc(Cl)ncc32)C12CCCCC2. The molecule has 3 amide bonds. The number of carboxylic acids is 2. The van der Waals surface area contributed by atoms with E-state index >= 15 is 13.2 Å². The molecule has 6 aromatic rings. The molecule has 0 unspecified atom stereocenters. The summed E-state index contributed by atoms with van der Waals surface area (Å²) >= 11 is 37.9. The van der Waals surface area contributed by atoms with Crippen molar-refractivity contribution in [2.45, 2.75) is 296 Å². The van der Waals surface area contributed by atoms with Gasteiger partial charge in [0.1, 0.15) is 54.9 Å². The van der Waals surface area contributed by atoms with E-state index in [9.17, 15) is 53.4 Å². The maximum absolute atomic E-state index is 16.2. The van der Waals surface area contributed by atoms with Crippen molar-refractivity contribution in [2.75, 3.05) is 30.0 Å². The number of aromatic nitrogens is 3. The topological polar surface area (TPSA) is 287 Å². The molecule has 18 aliphatic rings. The van der Waals surface area contributed by atoms with E-state index < -0.39 is 109 Å². The standard InChI is InChI=1S/C34H38Cl2FN3O3.C33H36Cl2FN3O4.C32H34Cl2FN3O4/c1-19(41)32-11-8-31(9-12-32,10-13-32)15-24(42)28-26(20-6-5-7-22(35)27(20)37)34(33(40(28)4)17-30(2,3)18-33)21-16-38-25(36)14-23(21)39-29(34)43;1-39-27(23(40)17-30-10-13-31(14-11-30,15-12-30)29(42)43)25(19-6-5-7-21(34)26(19)36)33(32(39)8-3-2-4-9-32)20-18-37-24(35)16-22(20)38-28(33)41;1-28(2)15-31(16-28)32(18-14-36-22(34)12-20(18)37-26(32)40)23(17-4-3-5-19(33)24(17)35)25(38-31)21(39)13-29-6-9-30(10-7-29,11-8-29)27(41)42/h5-7,14,16,26,28H,8-13,15,17-18H2,1-4H3,(H,39,43);5-7,16,18,25,27H,2-4,8-15,17H2,1H3,(H,38,41)(H,42,43);3-5,12,14,23,25,38H,6-11,13,15-16H2,1-2H3,(H,37,40)(H,41,42)/t26-,28-,31?,32?,34+;25-,27-,30?,31?,33+;23-,25-,29?,30?,32+/m000/s1. The number of ketones is 4. The highest BCUT2D eigenvalue weighted by Gasteiger charge is 2.81. The number of carbonyl (C=O) groups is 9. The van der Waals surface area contributed by atoms with Crippen molar-refractivity contribution in [3.63, 3.8) is 0 Å². The van der Waals surface area contributed by atoms with Crippen LogP contribution in [0, 0.1) is 60.8 Å². The molecule has 6 aliphatic heterocycles. The van der Waals surface area contributed by atoms with Gasteiger partial charge in [-0.1, -0.05) is 153 Å². The van der Waals surface area contributed by atoms with Gasteiger partial charge >= 0.3 is 11.9 Å². The van der Waals surface area contributed by atoms with E-state index in [0.29, 0.717) is 156 Å². The molecule has 3 aromatic carbocycles. The van der Waals surface area contributed by atoms with Crippen LogP contribution < -0.4 is 21.3 Å². The molecule has 12 aliphatic carbocycles. The summed E-state index contributed by atoms with van der Waals surface area (Å²) in [7, 11) is 3.87. The van der Waals surface area contributed by atoms with E-state index in [-0.39, 0.29) is 133 Å². The molecule has 24 rings (SSSR count). The third-order valence-electron chi connectivity index (χ3n) is 36.2. The van der Waals surface area contributed by atoms with Crippen LogP contribution in [0.5, 0.6) is 0 Å². The highest BCUT2D eigenvalue weighted by atomic mass is 35.5. The summed E-state index contributed by atoms with van der Waals surface area (Å²) in [5.74, 6) is -6.54. The molecule has 6 N–H and O–H groups in total. The molecular formula is C99H108Cl6F3N9O11. The minimum absolute atomic E-state index is 0.0215. The Morgan fingerprint density at radius 2 is 0.742 bits per heavy atom. The number of nitrogens with zero attached hydrogens (tertiary/aromatic N) is 5. The van der Waals surface area contributed by atoms with Gasteiger partial charge in [-0.15, -0.1) is 0 Å². The largest absolute Gasteiger partial charge is 0.481 e. The summed E-state index contributed by atoms with van der Waals surface area (Å²) in [6, 6.07) is 17.0.